The molecule has 12 heteroatoms. The number of fused-ring (bicyclic) bond motifs is 1. The van der Waals surface area contributed by atoms with Crippen LogP contribution in [0.25, 0.3) is 11.0 Å². The quantitative estimate of drug-likeness (QED) is 0.208. The average Bonchev–Trinajstić information content (AvgIpc) is 3.30. The Balaban J connectivity index is 1.73. The molecule has 2 aromatic carbocycles. The van der Waals surface area contributed by atoms with E-state index in [1.54, 1.807) is 31.5 Å². The van der Waals surface area contributed by atoms with Crippen molar-refractivity contribution in [2.24, 2.45) is 0 Å². The highest BCUT2D eigenvalue weighted by atomic mass is 32.2. The lowest BCUT2D eigenvalue weighted by molar-refractivity contribution is -0.142. The van der Waals surface area contributed by atoms with Crippen molar-refractivity contribution in [2.45, 2.75) is 29.7 Å². The van der Waals surface area contributed by atoms with Crippen molar-refractivity contribution in [3.8, 4) is 17.2 Å². The third kappa shape index (κ3) is 5.41. The predicted molar refractivity (Wildman–Crippen MR) is 143 cm³/mol. The van der Waals surface area contributed by atoms with Gasteiger partial charge in [-0.2, -0.15) is 0 Å². The Hall–Kier alpha value is -3.77. The fourth-order valence-electron chi connectivity index (χ4n) is 3.83. The molecule has 0 N–H and O–H groups in total. The fraction of sp³-hybridized carbons (Fsp3) is 0.269. The molecule has 10 nitrogen and oxygen atoms in total. The minimum absolute atomic E-state index is 0.0261. The van der Waals surface area contributed by atoms with E-state index in [0.717, 1.165) is 22.6 Å². The summed E-state index contributed by atoms with van der Waals surface area (Å²) in [5.74, 6) is 1.40. The molecule has 0 saturated carbocycles. The first-order valence-corrected chi connectivity index (χ1v) is 13.9. The maximum atomic E-state index is 13.9. The number of esters is 1. The first-order valence-electron chi connectivity index (χ1n) is 11.4. The number of pyridine rings is 1. The molecule has 0 bridgehead atoms. The van der Waals surface area contributed by atoms with Gasteiger partial charge >= 0.3 is 5.97 Å². The number of benzene rings is 2. The molecule has 4 aromatic rings. The molecule has 0 aliphatic rings. The molecular weight excluding hydrogens is 530 g/mol. The highest BCUT2D eigenvalue weighted by molar-refractivity contribution is 7.99. The smallest absolute Gasteiger partial charge is 0.343 e. The van der Waals surface area contributed by atoms with Crippen LogP contribution in [0.3, 0.4) is 0 Å². The summed E-state index contributed by atoms with van der Waals surface area (Å²) in [6.45, 7) is 3.55. The van der Waals surface area contributed by atoms with Gasteiger partial charge in [0.1, 0.15) is 17.2 Å². The van der Waals surface area contributed by atoms with Crippen LogP contribution in [-0.4, -0.2) is 56.3 Å². The van der Waals surface area contributed by atoms with Gasteiger partial charge in [0.05, 0.1) is 43.0 Å². The van der Waals surface area contributed by atoms with Gasteiger partial charge in [0.25, 0.3) is 10.0 Å². The number of carbonyl (C=O) groups is 1. The van der Waals surface area contributed by atoms with Gasteiger partial charge in [0.15, 0.2) is 11.8 Å². The van der Waals surface area contributed by atoms with Crippen molar-refractivity contribution < 1.29 is 32.2 Å². The van der Waals surface area contributed by atoms with Crippen LogP contribution in [0.15, 0.2) is 58.7 Å². The number of nitrogens with zero attached hydrogens (tertiary/aromatic N) is 3. The number of hydrogen-bond donors (Lipinski definition) is 0. The zero-order valence-electron chi connectivity index (χ0n) is 21.5. The zero-order valence-corrected chi connectivity index (χ0v) is 23.2. The number of imidazole rings is 1. The summed E-state index contributed by atoms with van der Waals surface area (Å²) in [5.41, 5.74) is 3.44. The molecule has 0 fully saturated rings. The lowest BCUT2D eigenvalue weighted by Gasteiger charge is -2.13. The molecule has 0 atom stereocenters. The Morgan fingerprint density at radius 3 is 2.37 bits per heavy atom. The van der Waals surface area contributed by atoms with Crippen molar-refractivity contribution in [3.63, 3.8) is 0 Å². The van der Waals surface area contributed by atoms with E-state index < -0.39 is 16.0 Å². The highest BCUT2D eigenvalue weighted by Gasteiger charge is 2.26. The molecule has 0 radical (unpaired) electrons. The molecule has 4 rings (SSSR count). The molecule has 0 unspecified atom stereocenters. The number of ether oxygens (including phenoxy) is 4. The van der Waals surface area contributed by atoms with Gasteiger partial charge in [0.2, 0.25) is 0 Å². The number of methoxy groups -OCH3 is 3. The van der Waals surface area contributed by atoms with Gasteiger partial charge in [-0.1, -0.05) is 11.8 Å². The number of thioether (sulfide) groups is 1. The standard InChI is InChI=1S/C26H27N3O7S2/c1-16-13-27-22(17(2)25(16)35-5)15-37-26-28-21-11-8-19(33-3)12-23(21)29(26)38(31,32)20-9-6-18(7-10-20)36-14-24(30)34-4/h6-13H,14-15H2,1-5H3. The van der Waals surface area contributed by atoms with E-state index in [4.69, 9.17) is 14.2 Å². The van der Waals surface area contributed by atoms with Crippen molar-refractivity contribution in [1.82, 2.24) is 13.9 Å². The number of aryl methyl sites for hydroxylation is 1. The molecule has 2 aromatic heterocycles. The van der Waals surface area contributed by atoms with Gasteiger partial charge in [-0.05, 0) is 50.2 Å². The van der Waals surface area contributed by atoms with E-state index in [0.29, 0.717) is 28.3 Å². The number of rotatable bonds is 10. The van der Waals surface area contributed by atoms with Crippen LogP contribution in [0.2, 0.25) is 0 Å². The fourth-order valence-corrected chi connectivity index (χ4v) is 6.56. The van der Waals surface area contributed by atoms with Gasteiger partial charge < -0.3 is 18.9 Å². The van der Waals surface area contributed by atoms with E-state index in [2.05, 4.69) is 14.7 Å². The van der Waals surface area contributed by atoms with Crippen molar-refractivity contribution in [3.05, 3.63) is 65.5 Å². The second-order valence-corrected chi connectivity index (χ2v) is 10.9. The maximum absolute atomic E-state index is 13.9. The summed E-state index contributed by atoms with van der Waals surface area (Å²) < 4.78 is 49.7. The van der Waals surface area contributed by atoms with Crippen LogP contribution in [0, 0.1) is 13.8 Å². The third-order valence-corrected chi connectivity index (χ3v) is 8.61. The van der Waals surface area contributed by atoms with E-state index >= 15 is 0 Å². The van der Waals surface area contributed by atoms with E-state index in [1.165, 1.54) is 54.2 Å². The van der Waals surface area contributed by atoms with Crippen LogP contribution in [-0.2, 0) is 25.3 Å². The second-order valence-electron chi connectivity index (χ2n) is 8.19. The predicted octanol–water partition coefficient (Wildman–Crippen LogP) is 4.15. The van der Waals surface area contributed by atoms with Crippen molar-refractivity contribution >= 4 is 38.8 Å². The minimum atomic E-state index is -4.08. The van der Waals surface area contributed by atoms with Crippen LogP contribution >= 0.6 is 11.8 Å². The van der Waals surface area contributed by atoms with Crippen LogP contribution in [0.1, 0.15) is 16.8 Å². The number of aromatic nitrogens is 3. The summed E-state index contributed by atoms with van der Waals surface area (Å²) in [4.78, 5) is 20.5. The van der Waals surface area contributed by atoms with Crippen molar-refractivity contribution in [2.75, 3.05) is 27.9 Å². The Kier molecular flexibility index (Phi) is 8.12. The van der Waals surface area contributed by atoms with Crippen LogP contribution in [0.4, 0.5) is 0 Å². The van der Waals surface area contributed by atoms with Crippen molar-refractivity contribution in [1.29, 1.82) is 0 Å². The Labute approximate surface area is 225 Å². The molecule has 0 amide bonds. The van der Waals surface area contributed by atoms with Gasteiger partial charge in [-0.3, -0.25) is 4.98 Å². The summed E-state index contributed by atoms with van der Waals surface area (Å²) in [6, 6.07) is 10.9. The molecule has 0 saturated heterocycles. The molecule has 0 spiro atoms. The summed E-state index contributed by atoms with van der Waals surface area (Å²) >= 11 is 1.25. The lowest BCUT2D eigenvalue weighted by Crippen LogP contribution is -2.15. The summed E-state index contributed by atoms with van der Waals surface area (Å²) in [6.07, 6.45) is 1.73. The number of carbonyl (C=O) groups excluding carboxylic acids is 1. The topological polar surface area (TPSA) is 119 Å². The highest BCUT2D eigenvalue weighted by Crippen LogP contribution is 2.34. The first-order chi connectivity index (χ1) is 18.2. The SMILES string of the molecule is COC(=O)COc1ccc(S(=O)(=O)n2c(SCc3ncc(C)c(OC)c3C)nc3ccc(OC)cc32)cc1. The molecule has 200 valence electrons. The summed E-state index contributed by atoms with van der Waals surface area (Å²) in [7, 11) is 0.300. The maximum Gasteiger partial charge on any atom is 0.343 e. The van der Waals surface area contributed by atoms with E-state index in [-0.39, 0.29) is 16.7 Å². The zero-order chi connectivity index (χ0) is 27.4. The Bertz CT molecular complexity index is 1580. The molecule has 38 heavy (non-hydrogen) atoms. The Morgan fingerprint density at radius 1 is 1.00 bits per heavy atom. The van der Waals surface area contributed by atoms with Crippen LogP contribution < -0.4 is 14.2 Å². The van der Waals surface area contributed by atoms with Crippen LogP contribution in [0.5, 0.6) is 17.2 Å². The minimum Gasteiger partial charge on any atom is -0.497 e. The van der Waals surface area contributed by atoms with E-state index in [9.17, 15) is 13.2 Å². The second kappa shape index (κ2) is 11.3. The van der Waals surface area contributed by atoms with Gasteiger partial charge in [0, 0.05) is 29.1 Å². The lowest BCUT2D eigenvalue weighted by atomic mass is 10.1. The molecule has 2 heterocycles. The van der Waals surface area contributed by atoms with Gasteiger partial charge in [-0.25, -0.2) is 22.2 Å². The average molecular weight is 558 g/mol. The van der Waals surface area contributed by atoms with Gasteiger partial charge in [-0.15, -0.1) is 0 Å². The first kappa shape index (κ1) is 27.3. The Morgan fingerprint density at radius 2 is 1.71 bits per heavy atom. The largest absolute Gasteiger partial charge is 0.497 e. The normalized spacial score (nSPS) is 11.4. The molecular formula is C26H27N3O7S2. The summed E-state index contributed by atoms with van der Waals surface area (Å²) in [5, 5.41) is 0.278. The molecule has 0 aliphatic heterocycles. The monoisotopic (exact) mass is 557 g/mol. The number of hydrogen-bond acceptors (Lipinski definition) is 10. The molecule has 0 aliphatic carbocycles. The third-order valence-electron chi connectivity index (χ3n) is 5.83. The van der Waals surface area contributed by atoms with E-state index in [1.807, 2.05) is 13.8 Å².